The molecule has 1 aromatic rings. The Hall–Kier alpha value is -1.27. The number of rotatable bonds is 4. The highest BCUT2D eigenvalue weighted by Crippen LogP contribution is 2.25. The Morgan fingerprint density at radius 1 is 1.20 bits per heavy atom. The minimum Gasteiger partial charge on any atom is -0.377 e. The SMILES string of the molecule is CCS(=O)(=O)Nc1ccc(N2C(C)COCC2C)cc1. The molecular weight excluding hydrogens is 276 g/mol. The van der Waals surface area contributed by atoms with E-state index in [2.05, 4.69) is 23.5 Å². The quantitative estimate of drug-likeness (QED) is 0.924. The average Bonchev–Trinajstić information content (AvgIpc) is 2.40. The molecule has 20 heavy (non-hydrogen) atoms. The molecule has 1 aliphatic rings. The Morgan fingerprint density at radius 2 is 1.75 bits per heavy atom. The molecule has 0 bridgehead atoms. The maximum Gasteiger partial charge on any atom is 0.232 e. The van der Waals surface area contributed by atoms with Crippen LogP contribution in [0.3, 0.4) is 0 Å². The number of hydrogen-bond acceptors (Lipinski definition) is 4. The van der Waals surface area contributed by atoms with E-state index in [4.69, 9.17) is 4.74 Å². The third-order valence-electron chi connectivity index (χ3n) is 3.49. The number of hydrogen-bond donors (Lipinski definition) is 1. The van der Waals surface area contributed by atoms with Crippen molar-refractivity contribution in [3.05, 3.63) is 24.3 Å². The minimum absolute atomic E-state index is 0.0757. The van der Waals surface area contributed by atoms with Crippen LogP contribution in [0.1, 0.15) is 20.8 Å². The average molecular weight is 298 g/mol. The van der Waals surface area contributed by atoms with Gasteiger partial charge in [0.15, 0.2) is 0 Å². The van der Waals surface area contributed by atoms with Crippen molar-refractivity contribution in [3.8, 4) is 0 Å². The highest BCUT2D eigenvalue weighted by molar-refractivity contribution is 7.92. The summed E-state index contributed by atoms with van der Waals surface area (Å²) in [7, 11) is -3.22. The summed E-state index contributed by atoms with van der Waals surface area (Å²) in [5.74, 6) is 0.0757. The topological polar surface area (TPSA) is 58.6 Å². The van der Waals surface area contributed by atoms with Gasteiger partial charge in [-0.3, -0.25) is 4.72 Å². The minimum atomic E-state index is -3.22. The number of sulfonamides is 1. The molecule has 2 atom stereocenters. The van der Waals surface area contributed by atoms with Gasteiger partial charge in [-0.2, -0.15) is 0 Å². The molecule has 1 N–H and O–H groups in total. The summed E-state index contributed by atoms with van der Waals surface area (Å²) in [5.41, 5.74) is 1.69. The lowest BCUT2D eigenvalue weighted by Crippen LogP contribution is -2.49. The molecule has 2 unspecified atom stereocenters. The van der Waals surface area contributed by atoms with Crippen LogP contribution in [0.5, 0.6) is 0 Å². The van der Waals surface area contributed by atoms with Crippen molar-refractivity contribution in [1.29, 1.82) is 0 Å². The molecule has 1 fully saturated rings. The highest BCUT2D eigenvalue weighted by Gasteiger charge is 2.25. The van der Waals surface area contributed by atoms with E-state index >= 15 is 0 Å². The molecule has 0 aliphatic carbocycles. The third kappa shape index (κ3) is 3.43. The van der Waals surface area contributed by atoms with E-state index < -0.39 is 10.0 Å². The Labute approximate surface area is 121 Å². The maximum atomic E-state index is 11.5. The second kappa shape index (κ2) is 6.01. The van der Waals surface area contributed by atoms with Crippen molar-refractivity contribution in [1.82, 2.24) is 0 Å². The molecule has 0 aromatic heterocycles. The summed E-state index contributed by atoms with van der Waals surface area (Å²) in [6.07, 6.45) is 0. The van der Waals surface area contributed by atoms with Crippen LogP contribution in [-0.2, 0) is 14.8 Å². The molecule has 1 aliphatic heterocycles. The lowest BCUT2D eigenvalue weighted by molar-refractivity contribution is 0.0757. The smallest absolute Gasteiger partial charge is 0.232 e. The van der Waals surface area contributed by atoms with Crippen LogP contribution in [0.4, 0.5) is 11.4 Å². The molecule has 0 saturated carbocycles. The van der Waals surface area contributed by atoms with Gasteiger partial charge < -0.3 is 9.64 Å². The lowest BCUT2D eigenvalue weighted by atomic mass is 10.1. The molecule has 6 heteroatoms. The van der Waals surface area contributed by atoms with Crippen LogP contribution in [-0.4, -0.2) is 39.5 Å². The number of anilines is 2. The summed E-state index contributed by atoms with van der Waals surface area (Å²) >= 11 is 0. The van der Waals surface area contributed by atoms with Gasteiger partial charge in [-0.05, 0) is 45.0 Å². The van der Waals surface area contributed by atoms with E-state index in [1.54, 1.807) is 19.1 Å². The summed E-state index contributed by atoms with van der Waals surface area (Å²) in [5, 5.41) is 0. The van der Waals surface area contributed by atoms with Crippen molar-refractivity contribution in [2.75, 3.05) is 28.6 Å². The Bertz CT molecular complexity index is 532. The predicted molar refractivity (Wildman–Crippen MR) is 81.7 cm³/mol. The monoisotopic (exact) mass is 298 g/mol. The summed E-state index contributed by atoms with van der Waals surface area (Å²) < 4.78 is 31.1. The van der Waals surface area contributed by atoms with Crippen LogP contribution in [0.15, 0.2) is 24.3 Å². The predicted octanol–water partition coefficient (Wildman–Crippen LogP) is 2.06. The highest BCUT2D eigenvalue weighted by atomic mass is 32.2. The Morgan fingerprint density at radius 3 is 2.25 bits per heavy atom. The summed E-state index contributed by atoms with van der Waals surface area (Å²) in [6.45, 7) is 7.31. The maximum absolute atomic E-state index is 11.5. The zero-order chi connectivity index (χ0) is 14.8. The first-order valence-electron chi connectivity index (χ1n) is 6.89. The van der Waals surface area contributed by atoms with Crippen molar-refractivity contribution in [3.63, 3.8) is 0 Å². The molecular formula is C14H22N2O3S. The van der Waals surface area contributed by atoms with Gasteiger partial charge in [-0.25, -0.2) is 8.42 Å². The number of ether oxygens (including phenoxy) is 1. The second-order valence-corrected chi connectivity index (χ2v) is 7.21. The third-order valence-corrected chi connectivity index (χ3v) is 4.79. The van der Waals surface area contributed by atoms with E-state index in [0.29, 0.717) is 31.0 Å². The van der Waals surface area contributed by atoms with Crippen LogP contribution < -0.4 is 9.62 Å². The van der Waals surface area contributed by atoms with Gasteiger partial charge >= 0.3 is 0 Å². The van der Waals surface area contributed by atoms with E-state index in [-0.39, 0.29) is 5.75 Å². The fourth-order valence-electron chi connectivity index (χ4n) is 2.47. The van der Waals surface area contributed by atoms with Crippen molar-refractivity contribution in [2.45, 2.75) is 32.9 Å². The first-order chi connectivity index (χ1) is 9.43. The Kier molecular flexibility index (Phi) is 4.55. The molecule has 1 saturated heterocycles. The fourth-order valence-corrected chi connectivity index (χ4v) is 3.11. The summed E-state index contributed by atoms with van der Waals surface area (Å²) in [4.78, 5) is 2.31. The second-order valence-electron chi connectivity index (χ2n) is 5.20. The van der Waals surface area contributed by atoms with E-state index in [9.17, 15) is 8.42 Å². The van der Waals surface area contributed by atoms with E-state index in [1.807, 2.05) is 12.1 Å². The molecule has 1 aromatic carbocycles. The van der Waals surface area contributed by atoms with Crippen LogP contribution in [0.25, 0.3) is 0 Å². The molecule has 0 radical (unpaired) electrons. The van der Waals surface area contributed by atoms with E-state index in [0.717, 1.165) is 5.69 Å². The number of benzene rings is 1. The normalized spacial score (nSPS) is 23.6. The van der Waals surface area contributed by atoms with Gasteiger partial charge in [-0.15, -0.1) is 0 Å². The van der Waals surface area contributed by atoms with Crippen LogP contribution in [0.2, 0.25) is 0 Å². The molecule has 0 amide bonds. The molecule has 1 heterocycles. The van der Waals surface area contributed by atoms with Gasteiger partial charge in [0.1, 0.15) is 0 Å². The van der Waals surface area contributed by atoms with Gasteiger partial charge in [0.05, 0.1) is 19.0 Å². The number of morpholine rings is 1. The fraction of sp³-hybridized carbons (Fsp3) is 0.571. The van der Waals surface area contributed by atoms with Crippen molar-refractivity contribution in [2.24, 2.45) is 0 Å². The standard InChI is InChI=1S/C14H22N2O3S/c1-4-20(17,18)15-13-5-7-14(8-6-13)16-11(2)9-19-10-12(16)3/h5-8,11-12,15H,4,9-10H2,1-3H3. The van der Waals surface area contributed by atoms with Crippen molar-refractivity contribution >= 4 is 21.4 Å². The van der Waals surface area contributed by atoms with Gasteiger partial charge in [0.2, 0.25) is 10.0 Å². The molecule has 112 valence electrons. The first kappa shape index (κ1) is 15.1. The lowest BCUT2D eigenvalue weighted by Gasteiger charge is -2.40. The van der Waals surface area contributed by atoms with Gasteiger partial charge in [-0.1, -0.05) is 0 Å². The number of nitrogens with one attached hydrogen (secondary N) is 1. The molecule has 0 spiro atoms. The van der Waals surface area contributed by atoms with Crippen LogP contribution >= 0.6 is 0 Å². The van der Waals surface area contributed by atoms with Crippen LogP contribution in [0, 0.1) is 0 Å². The largest absolute Gasteiger partial charge is 0.377 e. The zero-order valence-corrected chi connectivity index (χ0v) is 13.0. The molecule has 2 rings (SSSR count). The Balaban J connectivity index is 2.15. The van der Waals surface area contributed by atoms with Crippen molar-refractivity contribution < 1.29 is 13.2 Å². The first-order valence-corrected chi connectivity index (χ1v) is 8.55. The molecule has 5 nitrogen and oxygen atoms in total. The number of nitrogens with zero attached hydrogens (tertiary/aromatic N) is 1. The summed E-state index contributed by atoms with van der Waals surface area (Å²) in [6, 6.07) is 8.14. The van der Waals surface area contributed by atoms with Gasteiger partial charge in [0.25, 0.3) is 0 Å². The zero-order valence-electron chi connectivity index (χ0n) is 12.2. The van der Waals surface area contributed by atoms with Gasteiger partial charge in [0, 0.05) is 23.5 Å². The van der Waals surface area contributed by atoms with E-state index in [1.165, 1.54) is 0 Å².